The van der Waals surface area contributed by atoms with Crippen LogP contribution in [0.25, 0.3) is 0 Å². The van der Waals surface area contributed by atoms with E-state index >= 15 is 0 Å². The normalized spacial score (nSPS) is 18.9. The molecule has 0 aromatic carbocycles. The minimum atomic E-state index is 0.00758. The molecule has 4 nitrogen and oxygen atoms in total. The monoisotopic (exact) mass is 234 g/mol. The summed E-state index contributed by atoms with van der Waals surface area (Å²) >= 11 is 0. The van der Waals surface area contributed by atoms with Crippen LogP contribution >= 0.6 is 0 Å². The molecule has 0 spiro atoms. The fraction of sp³-hybridized carbons (Fsp3) is 0.692. The van der Waals surface area contributed by atoms with Gasteiger partial charge in [-0.3, -0.25) is 0 Å². The number of anilines is 1. The lowest BCUT2D eigenvalue weighted by Crippen LogP contribution is -2.26. The SMILES string of the molecule is Cc1nc(N2CCCCCC2)ncc1[C@H](C)N. The van der Waals surface area contributed by atoms with Crippen LogP contribution < -0.4 is 10.6 Å². The number of aryl methyl sites for hydroxylation is 1. The minimum Gasteiger partial charge on any atom is -0.341 e. The summed E-state index contributed by atoms with van der Waals surface area (Å²) in [5.41, 5.74) is 7.93. The molecule has 1 aromatic rings. The second-order valence-electron chi connectivity index (χ2n) is 4.90. The van der Waals surface area contributed by atoms with Crippen molar-refractivity contribution < 1.29 is 0 Å². The van der Waals surface area contributed by atoms with Gasteiger partial charge in [-0.2, -0.15) is 0 Å². The van der Waals surface area contributed by atoms with Crippen LogP contribution in [-0.2, 0) is 0 Å². The molecule has 0 bridgehead atoms. The third kappa shape index (κ3) is 2.94. The van der Waals surface area contributed by atoms with Crippen LogP contribution in [0, 0.1) is 6.92 Å². The molecule has 1 aromatic heterocycles. The van der Waals surface area contributed by atoms with E-state index in [0.29, 0.717) is 0 Å². The first-order chi connectivity index (χ1) is 8.18. The molecule has 2 N–H and O–H groups in total. The van der Waals surface area contributed by atoms with Crippen molar-refractivity contribution in [2.24, 2.45) is 5.73 Å². The Hall–Kier alpha value is -1.16. The number of aromatic nitrogens is 2. The van der Waals surface area contributed by atoms with Crippen molar-refractivity contribution in [1.29, 1.82) is 0 Å². The number of hydrogen-bond donors (Lipinski definition) is 1. The summed E-state index contributed by atoms with van der Waals surface area (Å²) in [4.78, 5) is 11.4. The highest BCUT2D eigenvalue weighted by molar-refractivity contribution is 5.33. The van der Waals surface area contributed by atoms with Crippen LogP contribution in [0.5, 0.6) is 0 Å². The van der Waals surface area contributed by atoms with Crippen LogP contribution in [-0.4, -0.2) is 23.1 Å². The third-order valence-corrected chi connectivity index (χ3v) is 3.38. The van der Waals surface area contributed by atoms with E-state index in [0.717, 1.165) is 30.3 Å². The van der Waals surface area contributed by atoms with E-state index in [9.17, 15) is 0 Å². The van der Waals surface area contributed by atoms with Gasteiger partial charge in [0.25, 0.3) is 0 Å². The molecule has 0 amide bonds. The first-order valence-electron chi connectivity index (χ1n) is 6.52. The Labute approximate surface area is 103 Å². The molecule has 0 radical (unpaired) electrons. The Kier molecular flexibility index (Phi) is 3.94. The lowest BCUT2D eigenvalue weighted by atomic mass is 10.1. The Morgan fingerprint density at radius 2 is 1.88 bits per heavy atom. The quantitative estimate of drug-likeness (QED) is 0.852. The van der Waals surface area contributed by atoms with E-state index in [1.54, 1.807) is 0 Å². The average Bonchev–Trinajstić information content (AvgIpc) is 2.56. The van der Waals surface area contributed by atoms with Crippen LogP contribution in [0.2, 0.25) is 0 Å². The molecular weight excluding hydrogens is 212 g/mol. The minimum absolute atomic E-state index is 0.00758. The van der Waals surface area contributed by atoms with Crippen molar-refractivity contribution >= 4 is 5.95 Å². The predicted octanol–water partition coefficient (Wildman–Crippen LogP) is 2.19. The molecule has 2 heterocycles. The summed E-state index contributed by atoms with van der Waals surface area (Å²) < 4.78 is 0. The van der Waals surface area contributed by atoms with Gasteiger partial charge in [-0.1, -0.05) is 12.8 Å². The highest BCUT2D eigenvalue weighted by Gasteiger charge is 2.14. The summed E-state index contributed by atoms with van der Waals surface area (Å²) in [6, 6.07) is 0.00758. The molecule has 2 rings (SSSR count). The van der Waals surface area contributed by atoms with Crippen molar-refractivity contribution in [2.75, 3.05) is 18.0 Å². The van der Waals surface area contributed by atoms with Crippen molar-refractivity contribution in [3.8, 4) is 0 Å². The third-order valence-electron chi connectivity index (χ3n) is 3.38. The zero-order valence-electron chi connectivity index (χ0n) is 10.8. The van der Waals surface area contributed by atoms with Crippen molar-refractivity contribution in [3.05, 3.63) is 17.5 Å². The van der Waals surface area contributed by atoms with E-state index in [2.05, 4.69) is 14.9 Å². The van der Waals surface area contributed by atoms with Gasteiger partial charge >= 0.3 is 0 Å². The largest absolute Gasteiger partial charge is 0.341 e. The summed E-state index contributed by atoms with van der Waals surface area (Å²) in [6.45, 7) is 6.15. The zero-order valence-corrected chi connectivity index (χ0v) is 10.8. The van der Waals surface area contributed by atoms with Gasteiger partial charge in [0, 0.05) is 36.6 Å². The molecule has 1 atom stereocenters. The fourth-order valence-corrected chi connectivity index (χ4v) is 2.33. The zero-order chi connectivity index (χ0) is 12.3. The van der Waals surface area contributed by atoms with Gasteiger partial charge in [-0.15, -0.1) is 0 Å². The fourth-order valence-electron chi connectivity index (χ4n) is 2.33. The van der Waals surface area contributed by atoms with Crippen LogP contribution in [0.4, 0.5) is 5.95 Å². The smallest absolute Gasteiger partial charge is 0.225 e. The Balaban J connectivity index is 2.18. The highest BCUT2D eigenvalue weighted by atomic mass is 15.2. The van der Waals surface area contributed by atoms with E-state index in [4.69, 9.17) is 5.73 Å². The molecule has 0 aliphatic carbocycles. The number of nitrogens with zero attached hydrogens (tertiary/aromatic N) is 3. The van der Waals surface area contributed by atoms with Crippen LogP contribution in [0.15, 0.2) is 6.20 Å². The van der Waals surface area contributed by atoms with Crippen LogP contribution in [0.1, 0.15) is 49.9 Å². The first kappa shape index (κ1) is 12.3. The van der Waals surface area contributed by atoms with Gasteiger partial charge in [0.1, 0.15) is 0 Å². The second kappa shape index (κ2) is 5.45. The van der Waals surface area contributed by atoms with Gasteiger partial charge in [0.15, 0.2) is 0 Å². The van der Waals surface area contributed by atoms with Crippen molar-refractivity contribution in [1.82, 2.24) is 9.97 Å². The highest BCUT2D eigenvalue weighted by Crippen LogP contribution is 2.18. The van der Waals surface area contributed by atoms with E-state index in [-0.39, 0.29) is 6.04 Å². The van der Waals surface area contributed by atoms with E-state index < -0.39 is 0 Å². The molecule has 1 saturated heterocycles. The summed E-state index contributed by atoms with van der Waals surface area (Å²) in [5, 5.41) is 0. The Morgan fingerprint density at radius 3 is 2.41 bits per heavy atom. The average molecular weight is 234 g/mol. The molecule has 94 valence electrons. The summed E-state index contributed by atoms with van der Waals surface area (Å²) in [7, 11) is 0. The second-order valence-corrected chi connectivity index (χ2v) is 4.90. The topological polar surface area (TPSA) is 55.0 Å². The van der Waals surface area contributed by atoms with Crippen LogP contribution in [0.3, 0.4) is 0 Å². The lowest BCUT2D eigenvalue weighted by Gasteiger charge is -2.21. The number of nitrogens with two attached hydrogens (primary N) is 1. The van der Waals surface area contributed by atoms with E-state index in [1.807, 2.05) is 20.0 Å². The maximum Gasteiger partial charge on any atom is 0.225 e. The molecule has 0 saturated carbocycles. The van der Waals surface area contributed by atoms with Crippen molar-refractivity contribution in [3.63, 3.8) is 0 Å². The van der Waals surface area contributed by atoms with Gasteiger partial charge < -0.3 is 10.6 Å². The first-order valence-corrected chi connectivity index (χ1v) is 6.52. The molecule has 17 heavy (non-hydrogen) atoms. The Morgan fingerprint density at radius 1 is 1.24 bits per heavy atom. The Bertz CT molecular complexity index is 368. The maximum atomic E-state index is 5.87. The standard InChI is InChI=1S/C13H22N4/c1-10(14)12-9-15-13(16-11(12)2)17-7-5-3-4-6-8-17/h9-10H,3-8,14H2,1-2H3/t10-/m0/s1. The molecular formula is C13H22N4. The van der Waals surface area contributed by atoms with E-state index in [1.165, 1.54) is 25.7 Å². The molecule has 4 heteroatoms. The molecule has 1 aliphatic heterocycles. The van der Waals surface area contributed by atoms with Gasteiger partial charge in [0.05, 0.1) is 0 Å². The van der Waals surface area contributed by atoms with Gasteiger partial charge in [0.2, 0.25) is 5.95 Å². The molecule has 0 unspecified atom stereocenters. The predicted molar refractivity (Wildman–Crippen MR) is 70.1 cm³/mol. The number of hydrogen-bond acceptors (Lipinski definition) is 4. The summed E-state index contributed by atoms with van der Waals surface area (Å²) in [6.07, 6.45) is 7.03. The van der Waals surface area contributed by atoms with Gasteiger partial charge in [-0.05, 0) is 26.7 Å². The van der Waals surface area contributed by atoms with Gasteiger partial charge in [-0.25, -0.2) is 9.97 Å². The molecule has 1 aliphatic rings. The molecule has 1 fully saturated rings. The lowest BCUT2D eigenvalue weighted by molar-refractivity contribution is 0.726. The number of rotatable bonds is 2. The van der Waals surface area contributed by atoms with Crippen molar-refractivity contribution in [2.45, 2.75) is 45.6 Å². The maximum absolute atomic E-state index is 5.87. The summed E-state index contributed by atoms with van der Waals surface area (Å²) in [5.74, 6) is 0.869.